The van der Waals surface area contributed by atoms with Gasteiger partial charge in [-0.25, -0.2) is 0 Å². The fourth-order valence-corrected chi connectivity index (χ4v) is 3.43. The molecule has 0 radical (unpaired) electrons. The first-order valence-electron chi connectivity index (χ1n) is 7.40. The quantitative estimate of drug-likeness (QED) is 0.812. The Bertz CT molecular complexity index is 516. The molecule has 0 bridgehead atoms. The minimum Gasteiger partial charge on any atom is -0.487 e. The van der Waals surface area contributed by atoms with Gasteiger partial charge in [-0.3, -0.25) is 4.90 Å². The van der Waals surface area contributed by atoms with Gasteiger partial charge in [0.2, 0.25) is 0 Å². The average Bonchev–Trinajstić information content (AvgIpc) is 2.40. The van der Waals surface area contributed by atoms with Crippen LogP contribution in [0.1, 0.15) is 37.4 Å². The second kappa shape index (κ2) is 7.59. The highest BCUT2D eigenvalue weighted by Gasteiger charge is 2.37. The van der Waals surface area contributed by atoms with Crippen LogP contribution in [0.4, 0.5) is 0 Å². The molecule has 1 saturated heterocycles. The molecule has 1 fully saturated rings. The van der Waals surface area contributed by atoms with Crippen LogP contribution in [0.25, 0.3) is 0 Å². The largest absolute Gasteiger partial charge is 0.487 e. The van der Waals surface area contributed by atoms with E-state index in [4.69, 9.17) is 16.3 Å². The second-order valence-electron chi connectivity index (χ2n) is 6.51. The Morgan fingerprint density at radius 3 is 2.50 bits per heavy atom. The lowest BCUT2D eigenvalue weighted by Crippen LogP contribution is -2.48. The van der Waals surface area contributed by atoms with Crippen molar-refractivity contribution in [3.05, 3.63) is 28.3 Å². The zero-order valence-electron chi connectivity index (χ0n) is 13.3. The minimum atomic E-state index is -0.122. The smallest absolute Gasteiger partial charge is 0.125 e. The van der Waals surface area contributed by atoms with Gasteiger partial charge in [0.05, 0.1) is 0 Å². The molecule has 1 N–H and O–H groups in total. The van der Waals surface area contributed by atoms with Crippen LogP contribution >= 0.6 is 36.4 Å². The normalized spacial score (nSPS) is 23.5. The van der Waals surface area contributed by atoms with Gasteiger partial charge in [-0.2, -0.15) is 0 Å². The van der Waals surface area contributed by atoms with Crippen molar-refractivity contribution in [1.82, 2.24) is 10.2 Å². The summed E-state index contributed by atoms with van der Waals surface area (Å²) in [4.78, 5) is 2.56. The maximum Gasteiger partial charge on any atom is 0.125 e. The first-order chi connectivity index (χ1) is 9.46. The minimum absolute atomic E-state index is 0. The molecule has 2 aliphatic rings. The lowest BCUT2D eigenvalue weighted by atomic mass is 9.88. The van der Waals surface area contributed by atoms with Crippen molar-refractivity contribution < 1.29 is 4.74 Å². The molecular weight excluding hydrogens is 343 g/mol. The van der Waals surface area contributed by atoms with E-state index in [0.717, 1.165) is 48.9 Å². The Balaban J connectivity index is 0.00000121. The molecule has 6 heteroatoms. The number of rotatable bonds is 1. The standard InChI is InChI=1S/C16H23ClN2O.2ClH/c1-11-8-15-12(9-13(11)17)14(10-16(2,3)20-15)19-6-4-18-5-7-19;;/h8-9,14,18H,4-7,10H2,1-3H3;2*1H. The second-order valence-corrected chi connectivity index (χ2v) is 6.91. The van der Waals surface area contributed by atoms with E-state index >= 15 is 0 Å². The lowest BCUT2D eigenvalue weighted by molar-refractivity contribution is 0.0259. The van der Waals surface area contributed by atoms with Crippen LogP contribution in [-0.4, -0.2) is 36.7 Å². The zero-order valence-corrected chi connectivity index (χ0v) is 15.7. The summed E-state index contributed by atoms with van der Waals surface area (Å²) in [6, 6.07) is 4.61. The van der Waals surface area contributed by atoms with E-state index in [0.29, 0.717) is 6.04 Å². The lowest BCUT2D eigenvalue weighted by Gasteiger charge is -2.44. The van der Waals surface area contributed by atoms with Crippen LogP contribution in [0, 0.1) is 6.92 Å². The van der Waals surface area contributed by atoms with E-state index < -0.39 is 0 Å². The number of nitrogens with zero attached hydrogens (tertiary/aromatic N) is 1. The third kappa shape index (κ3) is 4.01. The predicted molar refractivity (Wildman–Crippen MR) is 97.2 cm³/mol. The van der Waals surface area contributed by atoms with Crippen LogP contribution in [0.15, 0.2) is 12.1 Å². The van der Waals surface area contributed by atoms with Gasteiger partial charge in [-0.1, -0.05) is 11.6 Å². The molecule has 3 nitrogen and oxygen atoms in total. The fourth-order valence-electron chi connectivity index (χ4n) is 3.25. The van der Waals surface area contributed by atoms with Crippen molar-refractivity contribution in [2.45, 2.75) is 38.8 Å². The Morgan fingerprint density at radius 1 is 1.23 bits per heavy atom. The molecule has 1 aromatic rings. The predicted octanol–water partition coefficient (Wildman–Crippen LogP) is 4.00. The van der Waals surface area contributed by atoms with Crippen LogP contribution in [-0.2, 0) is 0 Å². The summed E-state index contributed by atoms with van der Waals surface area (Å²) in [6.45, 7) is 10.7. The Hall–Kier alpha value is -0.190. The Kier molecular flexibility index (Phi) is 6.85. The van der Waals surface area contributed by atoms with Crippen molar-refractivity contribution in [3.63, 3.8) is 0 Å². The first-order valence-corrected chi connectivity index (χ1v) is 7.78. The van der Waals surface area contributed by atoms with Crippen molar-refractivity contribution in [2.24, 2.45) is 0 Å². The zero-order chi connectivity index (χ0) is 14.3. The maximum absolute atomic E-state index is 6.33. The highest BCUT2D eigenvalue weighted by Crippen LogP contribution is 2.44. The molecule has 126 valence electrons. The number of aryl methyl sites for hydroxylation is 1. The first kappa shape index (κ1) is 19.9. The van der Waals surface area contributed by atoms with E-state index in [-0.39, 0.29) is 30.4 Å². The highest BCUT2D eigenvalue weighted by atomic mass is 35.5. The van der Waals surface area contributed by atoms with E-state index in [1.54, 1.807) is 0 Å². The number of nitrogens with one attached hydrogen (secondary N) is 1. The number of ether oxygens (including phenoxy) is 1. The van der Waals surface area contributed by atoms with Gasteiger partial charge in [0.25, 0.3) is 0 Å². The van der Waals surface area contributed by atoms with Crippen molar-refractivity contribution >= 4 is 36.4 Å². The molecule has 1 aromatic carbocycles. The highest BCUT2D eigenvalue weighted by molar-refractivity contribution is 6.31. The Labute approximate surface area is 150 Å². The molecule has 0 saturated carbocycles. The molecular formula is C16H25Cl3N2O. The molecule has 22 heavy (non-hydrogen) atoms. The van der Waals surface area contributed by atoms with Crippen molar-refractivity contribution in [2.75, 3.05) is 26.2 Å². The van der Waals surface area contributed by atoms with Gasteiger partial charge in [-0.15, -0.1) is 24.8 Å². The summed E-state index contributed by atoms with van der Waals surface area (Å²) in [7, 11) is 0. The fraction of sp³-hybridized carbons (Fsp3) is 0.625. The molecule has 3 rings (SSSR count). The molecule has 0 aliphatic carbocycles. The summed E-state index contributed by atoms with van der Waals surface area (Å²) in [5, 5.41) is 4.26. The number of hydrogen-bond acceptors (Lipinski definition) is 3. The summed E-state index contributed by atoms with van der Waals surface area (Å²) in [5.41, 5.74) is 2.21. The SMILES string of the molecule is Cc1cc2c(cc1Cl)C(N1CCNCC1)CC(C)(C)O2.Cl.Cl. The number of fused-ring (bicyclic) bond motifs is 1. The van der Waals surface area contributed by atoms with Gasteiger partial charge in [0, 0.05) is 49.2 Å². The molecule has 0 spiro atoms. The van der Waals surface area contributed by atoms with E-state index in [1.807, 2.05) is 6.92 Å². The van der Waals surface area contributed by atoms with E-state index in [2.05, 4.69) is 36.2 Å². The van der Waals surface area contributed by atoms with Gasteiger partial charge < -0.3 is 10.1 Å². The third-order valence-electron chi connectivity index (χ3n) is 4.31. The summed E-state index contributed by atoms with van der Waals surface area (Å²) in [6.07, 6.45) is 1.01. The molecule has 0 amide bonds. The summed E-state index contributed by atoms with van der Waals surface area (Å²) in [5.74, 6) is 1.01. The molecule has 1 unspecified atom stereocenters. The van der Waals surface area contributed by atoms with Crippen LogP contribution in [0.2, 0.25) is 5.02 Å². The van der Waals surface area contributed by atoms with E-state index in [9.17, 15) is 0 Å². The molecule has 2 heterocycles. The summed E-state index contributed by atoms with van der Waals surface area (Å²) < 4.78 is 6.18. The monoisotopic (exact) mass is 366 g/mol. The molecule has 1 atom stereocenters. The Morgan fingerprint density at radius 2 is 1.86 bits per heavy atom. The van der Waals surface area contributed by atoms with Gasteiger partial charge in [0.15, 0.2) is 0 Å². The number of benzene rings is 1. The average molecular weight is 368 g/mol. The number of hydrogen-bond donors (Lipinski definition) is 1. The van der Waals surface area contributed by atoms with Gasteiger partial charge >= 0.3 is 0 Å². The summed E-state index contributed by atoms with van der Waals surface area (Å²) >= 11 is 6.33. The number of piperazine rings is 1. The number of halogens is 3. The molecule has 2 aliphatic heterocycles. The van der Waals surface area contributed by atoms with E-state index in [1.165, 1.54) is 5.56 Å². The van der Waals surface area contributed by atoms with Gasteiger partial charge in [-0.05, 0) is 38.5 Å². The van der Waals surface area contributed by atoms with Crippen molar-refractivity contribution in [1.29, 1.82) is 0 Å². The van der Waals surface area contributed by atoms with Crippen LogP contribution < -0.4 is 10.1 Å². The van der Waals surface area contributed by atoms with Gasteiger partial charge in [0.1, 0.15) is 11.4 Å². The third-order valence-corrected chi connectivity index (χ3v) is 4.72. The van der Waals surface area contributed by atoms with Crippen LogP contribution in [0.3, 0.4) is 0 Å². The topological polar surface area (TPSA) is 24.5 Å². The molecule has 0 aromatic heterocycles. The maximum atomic E-state index is 6.33. The van der Waals surface area contributed by atoms with Crippen molar-refractivity contribution in [3.8, 4) is 5.75 Å². The van der Waals surface area contributed by atoms with Crippen LogP contribution in [0.5, 0.6) is 5.75 Å².